The predicted molar refractivity (Wildman–Crippen MR) is 107 cm³/mol. The van der Waals surface area contributed by atoms with Crippen molar-refractivity contribution in [3.63, 3.8) is 0 Å². The minimum Gasteiger partial charge on any atom is -0.322 e. The largest absolute Gasteiger partial charge is 0.322 e. The van der Waals surface area contributed by atoms with Gasteiger partial charge in [0.2, 0.25) is 0 Å². The summed E-state index contributed by atoms with van der Waals surface area (Å²) >= 11 is 1.62. The Morgan fingerprint density at radius 2 is 1.78 bits per heavy atom. The van der Waals surface area contributed by atoms with Crippen LogP contribution >= 0.6 is 11.3 Å². The number of fused-ring (bicyclic) bond motifs is 1. The summed E-state index contributed by atoms with van der Waals surface area (Å²) < 4.78 is 3.24. The fraction of sp³-hybridized carbons (Fsp3) is 0.286. The predicted octanol–water partition coefficient (Wildman–Crippen LogP) is 5.59. The molecule has 0 saturated carbocycles. The Bertz CT molecular complexity index is 1040. The number of rotatable bonds is 4. The van der Waals surface area contributed by atoms with Crippen molar-refractivity contribution in [1.29, 1.82) is 0 Å². The molecule has 0 N–H and O–H groups in total. The summed E-state index contributed by atoms with van der Waals surface area (Å²) in [4.78, 5) is 4.42. The van der Waals surface area contributed by atoms with Crippen molar-refractivity contribution in [3.8, 4) is 17.1 Å². The SMILES string of the molecule is CC(C)c1cccc(C(C)C)c1-n1cnnc1-c1[c-]cc2scnc2c1.[Ir]. The molecular weight excluding hydrogens is 533 g/mol. The molecule has 0 fully saturated rings. The first-order valence-corrected chi connectivity index (χ1v) is 9.72. The van der Waals surface area contributed by atoms with E-state index in [1.165, 1.54) is 16.8 Å². The molecule has 141 valence electrons. The van der Waals surface area contributed by atoms with Crippen LogP contribution in [0, 0.1) is 6.07 Å². The Labute approximate surface area is 177 Å². The maximum Gasteiger partial charge on any atom is 0.114 e. The quantitative estimate of drug-likeness (QED) is 0.310. The van der Waals surface area contributed by atoms with E-state index in [1.807, 2.05) is 24.0 Å². The van der Waals surface area contributed by atoms with Gasteiger partial charge < -0.3 is 4.57 Å². The molecule has 0 spiro atoms. The molecule has 2 aromatic carbocycles. The Balaban J connectivity index is 0.00000210. The van der Waals surface area contributed by atoms with E-state index in [1.54, 1.807) is 11.3 Å². The van der Waals surface area contributed by atoms with Gasteiger partial charge in [0, 0.05) is 25.8 Å². The van der Waals surface area contributed by atoms with Crippen LogP contribution in [-0.4, -0.2) is 19.7 Å². The van der Waals surface area contributed by atoms with Gasteiger partial charge in [-0.2, -0.15) is 16.4 Å². The van der Waals surface area contributed by atoms with Crippen molar-refractivity contribution in [1.82, 2.24) is 19.7 Å². The first-order chi connectivity index (χ1) is 12.6. The molecule has 0 aliphatic heterocycles. The minimum absolute atomic E-state index is 0. The van der Waals surface area contributed by atoms with Crippen LogP contribution in [0.25, 0.3) is 27.3 Å². The van der Waals surface area contributed by atoms with Crippen LogP contribution in [-0.2, 0) is 20.1 Å². The summed E-state index contributed by atoms with van der Waals surface area (Å²) in [5, 5.41) is 8.63. The molecule has 0 bridgehead atoms. The molecule has 1 radical (unpaired) electrons. The fourth-order valence-electron chi connectivity index (χ4n) is 3.30. The zero-order chi connectivity index (χ0) is 18.3. The van der Waals surface area contributed by atoms with Crippen LogP contribution in [0.5, 0.6) is 0 Å². The first kappa shape index (κ1) is 19.9. The molecule has 2 heterocycles. The zero-order valence-corrected chi connectivity index (χ0v) is 18.9. The molecule has 2 aromatic heterocycles. The Morgan fingerprint density at radius 3 is 2.44 bits per heavy atom. The smallest absolute Gasteiger partial charge is 0.114 e. The molecule has 0 aliphatic rings. The summed E-state index contributed by atoms with van der Waals surface area (Å²) in [5.41, 5.74) is 7.52. The summed E-state index contributed by atoms with van der Waals surface area (Å²) in [6.07, 6.45) is 1.81. The summed E-state index contributed by atoms with van der Waals surface area (Å²) in [6, 6.07) is 13.9. The van der Waals surface area contributed by atoms with Gasteiger partial charge in [-0.1, -0.05) is 45.9 Å². The van der Waals surface area contributed by atoms with Gasteiger partial charge in [0.25, 0.3) is 0 Å². The number of hydrogen-bond donors (Lipinski definition) is 0. The number of hydrogen-bond acceptors (Lipinski definition) is 4. The van der Waals surface area contributed by atoms with Crippen LogP contribution < -0.4 is 0 Å². The van der Waals surface area contributed by atoms with E-state index < -0.39 is 0 Å². The van der Waals surface area contributed by atoms with Crippen LogP contribution in [0.3, 0.4) is 0 Å². The number of thiazole rings is 1. The van der Waals surface area contributed by atoms with Crippen LogP contribution in [0.2, 0.25) is 0 Å². The second-order valence-electron chi connectivity index (χ2n) is 7.07. The number of nitrogens with zero attached hydrogens (tertiary/aromatic N) is 4. The van der Waals surface area contributed by atoms with Gasteiger partial charge in [-0.25, -0.2) is 0 Å². The van der Waals surface area contributed by atoms with Gasteiger partial charge >= 0.3 is 0 Å². The van der Waals surface area contributed by atoms with E-state index in [9.17, 15) is 0 Å². The van der Waals surface area contributed by atoms with Gasteiger partial charge in [-0.05, 0) is 33.2 Å². The molecule has 0 atom stereocenters. The maximum absolute atomic E-state index is 4.42. The topological polar surface area (TPSA) is 43.6 Å². The molecule has 0 amide bonds. The van der Waals surface area contributed by atoms with Crippen molar-refractivity contribution in [2.75, 3.05) is 0 Å². The van der Waals surface area contributed by atoms with E-state index >= 15 is 0 Å². The average Bonchev–Trinajstić information content (AvgIpc) is 3.29. The Kier molecular flexibility index (Phi) is 5.89. The molecule has 6 heteroatoms. The molecular formula is C21H21IrN4S-. The first-order valence-electron chi connectivity index (χ1n) is 8.84. The zero-order valence-electron chi connectivity index (χ0n) is 15.7. The third-order valence-electron chi connectivity index (χ3n) is 4.64. The molecule has 4 nitrogen and oxygen atoms in total. The van der Waals surface area contributed by atoms with E-state index in [4.69, 9.17) is 0 Å². The van der Waals surface area contributed by atoms with Crippen molar-refractivity contribution >= 4 is 21.6 Å². The van der Waals surface area contributed by atoms with Crippen LogP contribution in [0.15, 0.2) is 42.2 Å². The number of para-hydroxylation sites is 1. The van der Waals surface area contributed by atoms with E-state index in [0.717, 1.165) is 21.6 Å². The van der Waals surface area contributed by atoms with Crippen molar-refractivity contribution < 1.29 is 20.1 Å². The number of benzene rings is 2. The fourth-order valence-corrected chi connectivity index (χ4v) is 3.94. The summed E-state index contributed by atoms with van der Waals surface area (Å²) in [6.45, 7) is 8.89. The summed E-state index contributed by atoms with van der Waals surface area (Å²) in [7, 11) is 0. The van der Waals surface area contributed by atoms with Gasteiger partial charge in [0.15, 0.2) is 0 Å². The average molecular weight is 554 g/mol. The van der Waals surface area contributed by atoms with Crippen molar-refractivity contribution in [2.45, 2.75) is 39.5 Å². The molecule has 0 saturated heterocycles. The van der Waals surface area contributed by atoms with Crippen molar-refractivity contribution in [3.05, 3.63) is 59.4 Å². The standard InChI is InChI=1S/C21H21N4S.Ir/c1-13(2)16-6-5-7-17(14(3)4)20(16)25-11-23-24-21(25)15-8-9-19-18(10-15)22-12-26-19;/h5-7,9-14H,1-4H3;/q-1;. The normalized spacial score (nSPS) is 11.3. The second kappa shape index (κ2) is 8.01. The molecule has 4 rings (SSSR count). The van der Waals surface area contributed by atoms with Gasteiger partial charge in [0.1, 0.15) is 6.33 Å². The Morgan fingerprint density at radius 1 is 1.07 bits per heavy atom. The third kappa shape index (κ3) is 3.62. The minimum atomic E-state index is 0. The van der Waals surface area contributed by atoms with Crippen LogP contribution in [0.1, 0.15) is 50.7 Å². The van der Waals surface area contributed by atoms with Gasteiger partial charge in [-0.3, -0.25) is 4.98 Å². The number of aromatic nitrogens is 4. The molecule has 27 heavy (non-hydrogen) atoms. The van der Waals surface area contributed by atoms with Crippen LogP contribution in [0.4, 0.5) is 0 Å². The van der Waals surface area contributed by atoms with Gasteiger partial charge in [0.05, 0.1) is 11.3 Å². The monoisotopic (exact) mass is 554 g/mol. The van der Waals surface area contributed by atoms with E-state index in [-0.39, 0.29) is 20.1 Å². The molecule has 0 unspecified atom stereocenters. The summed E-state index contributed by atoms with van der Waals surface area (Å²) in [5.74, 6) is 1.61. The van der Waals surface area contributed by atoms with Crippen molar-refractivity contribution in [2.24, 2.45) is 0 Å². The van der Waals surface area contributed by atoms with Gasteiger partial charge in [-0.15, -0.1) is 28.9 Å². The Hall–Kier alpha value is -1.88. The third-order valence-corrected chi connectivity index (χ3v) is 5.43. The molecule has 0 aliphatic carbocycles. The molecule has 4 aromatic rings. The maximum atomic E-state index is 4.42. The van der Waals surface area contributed by atoms with E-state index in [2.05, 4.69) is 71.7 Å². The second-order valence-corrected chi connectivity index (χ2v) is 7.95. The van der Waals surface area contributed by atoms with E-state index in [0.29, 0.717) is 11.8 Å².